The van der Waals surface area contributed by atoms with Crippen molar-refractivity contribution < 1.29 is 0 Å². The average Bonchev–Trinajstić information content (AvgIpc) is 2.32. The van der Waals surface area contributed by atoms with Gasteiger partial charge in [-0.2, -0.15) is 5.26 Å². The summed E-state index contributed by atoms with van der Waals surface area (Å²) in [6.07, 6.45) is 0. The Bertz CT molecular complexity index is 594. The number of fused-ring (bicyclic) bond motifs is 1. The lowest BCUT2D eigenvalue weighted by atomic mass is 10.0. The van der Waals surface area contributed by atoms with Gasteiger partial charge in [0.05, 0.1) is 5.52 Å². The van der Waals surface area contributed by atoms with Crippen molar-refractivity contribution in [2.24, 2.45) is 0 Å². The molecule has 1 heterocycles. The van der Waals surface area contributed by atoms with Gasteiger partial charge in [0, 0.05) is 18.1 Å². The molecule has 0 radical (unpaired) electrons. The quantitative estimate of drug-likeness (QED) is 0.789. The van der Waals surface area contributed by atoms with Crippen LogP contribution in [0.5, 0.6) is 0 Å². The third-order valence-electron chi connectivity index (χ3n) is 2.75. The van der Waals surface area contributed by atoms with E-state index in [0.29, 0.717) is 5.69 Å². The van der Waals surface area contributed by atoms with Crippen molar-refractivity contribution in [2.75, 3.05) is 12.4 Å². The smallest absolute Gasteiger partial charge is 0.143 e. The molecule has 0 saturated heterocycles. The molecular formula is C13H13N3. The Balaban J connectivity index is 2.95. The van der Waals surface area contributed by atoms with Crippen LogP contribution in [0.15, 0.2) is 18.2 Å². The van der Waals surface area contributed by atoms with Crippen LogP contribution in [0.3, 0.4) is 0 Å². The number of anilines is 1. The van der Waals surface area contributed by atoms with Gasteiger partial charge in [-0.1, -0.05) is 12.1 Å². The zero-order chi connectivity index (χ0) is 11.7. The molecule has 0 bridgehead atoms. The van der Waals surface area contributed by atoms with Crippen LogP contribution in [-0.2, 0) is 0 Å². The molecule has 0 saturated carbocycles. The summed E-state index contributed by atoms with van der Waals surface area (Å²) < 4.78 is 0. The molecule has 3 heteroatoms. The second kappa shape index (κ2) is 3.82. The molecule has 0 amide bonds. The van der Waals surface area contributed by atoms with Crippen molar-refractivity contribution in [1.82, 2.24) is 4.98 Å². The van der Waals surface area contributed by atoms with E-state index in [2.05, 4.69) is 29.4 Å². The number of nitrogens with one attached hydrogen (secondary N) is 1. The van der Waals surface area contributed by atoms with Gasteiger partial charge in [0.15, 0.2) is 0 Å². The predicted octanol–water partition coefficient (Wildman–Crippen LogP) is 2.77. The molecule has 0 atom stereocenters. The van der Waals surface area contributed by atoms with Gasteiger partial charge < -0.3 is 5.32 Å². The summed E-state index contributed by atoms with van der Waals surface area (Å²) in [6, 6.07) is 7.98. The van der Waals surface area contributed by atoms with Crippen molar-refractivity contribution in [2.45, 2.75) is 13.8 Å². The van der Waals surface area contributed by atoms with E-state index >= 15 is 0 Å². The minimum Gasteiger partial charge on any atom is -0.387 e. The molecule has 1 aromatic carbocycles. The molecule has 2 aromatic rings. The number of pyridine rings is 1. The standard InChI is InChI=1S/C13H13N3/c1-8-4-5-9(2)13-12(8)11(15-3)6-10(7-14)16-13/h4-6H,1-3H3,(H,15,16). The summed E-state index contributed by atoms with van der Waals surface area (Å²) in [5, 5.41) is 13.2. The van der Waals surface area contributed by atoms with Crippen molar-refractivity contribution in [3.05, 3.63) is 35.0 Å². The lowest BCUT2D eigenvalue weighted by Crippen LogP contribution is -1.97. The van der Waals surface area contributed by atoms with Gasteiger partial charge in [0.1, 0.15) is 11.8 Å². The number of rotatable bonds is 1. The predicted molar refractivity (Wildman–Crippen MR) is 65.5 cm³/mol. The fourth-order valence-corrected chi connectivity index (χ4v) is 1.90. The minimum atomic E-state index is 0.450. The highest BCUT2D eigenvalue weighted by molar-refractivity contribution is 5.96. The highest BCUT2D eigenvalue weighted by Gasteiger charge is 2.08. The first-order valence-electron chi connectivity index (χ1n) is 5.16. The van der Waals surface area contributed by atoms with Gasteiger partial charge in [0.2, 0.25) is 0 Å². The molecule has 0 fully saturated rings. The van der Waals surface area contributed by atoms with Crippen LogP contribution in [-0.4, -0.2) is 12.0 Å². The van der Waals surface area contributed by atoms with Crippen LogP contribution >= 0.6 is 0 Å². The topological polar surface area (TPSA) is 48.7 Å². The summed E-state index contributed by atoms with van der Waals surface area (Å²) in [7, 11) is 1.86. The lowest BCUT2D eigenvalue weighted by Gasteiger charge is -2.10. The molecule has 0 aliphatic rings. The van der Waals surface area contributed by atoms with Crippen molar-refractivity contribution in [3.63, 3.8) is 0 Å². The largest absolute Gasteiger partial charge is 0.387 e. The van der Waals surface area contributed by atoms with E-state index in [0.717, 1.165) is 22.2 Å². The molecule has 2 rings (SSSR count). The third kappa shape index (κ3) is 1.49. The van der Waals surface area contributed by atoms with Crippen LogP contribution in [0.4, 0.5) is 5.69 Å². The Morgan fingerprint density at radius 1 is 1.25 bits per heavy atom. The summed E-state index contributed by atoms with van der Waals surface area (Å²) in [5.74, 6) is 0. The highest BCUT2D eigenvalue weighted by atomic mass is 14.8. The van der Waals surface area contributed by atoms with Gasteiger partial charge in [-0.25, -0.2) is 4.98 Å². The van der Waals surface area contributed by atoms with E-state index in [1.807, 2.05) is 20.0 Å². The fourth-order valence-electron chi connectivity index (χ4n) is 1.90. The normalized spacial score (nSPS) is 10.1. The Morgan fingerprint density at radius 3 is 2.56 bits per heavy atom. The van der Waals surface area contributed by atoms with Gasteiger partial charge in [-0.15, -0.1) is 0 Å². The van der Waals surface area contributed by atoms with Gasteiger partial charge in [-0.05, 0) is 31.0 Å². The second-order valence-electron chi connectivity index (χ2n) is 3.84. The number of aromatic nitrogens is 1. The van der Waals surface area contributed by atoms with E-state index in [4.69, 9.17) is 5.26 Å². The molecule has 0 aliphatic carbocycles. The minimum absolute atomic E-state index is 0.450. The third-order valence-corrected chi connectivity index (χ3v) is 2.75. The first-order valence-corrected chi connectivity index (χ1v) is 5.16. The SMILES string of the molecule is CNc1cc(C#N)nc2c(C)ccc(C)c12. The van der Waals surface area contributed by atoms with E-state index in [-0.39, 0.29) is 0 Å². The fraction of sp³-hybridized carbons (Fsp3) is 0.231. The molecule has 0 aliphatic heterocycles. The van der Waals surface area contributed by atoms with Crippen LogP contribution < -0.4 is 5.32 Å². The second-order valence-corrected chi connectivity index (χ2v) is 3.84. The van der Waals surface area contributed by atoms with E-state index in [9.17, 15) is 0 Å². The molecule has 16 heavy (non-hydrogen) atoms. The number of aryl methyl sites for hydroxylation is 2. The Hall–Kier alpha value is -2.08. The van der Waals surface area contributed by atoms with Crippen LogP contribution in [0.1, 0.15) is 16.8 Å². The van der Waals surface area contributed by atoms with Gasteiger partial charge >= 0.3 is 0 Å². The first kappa shape index (κ1) is 10.4. The molecule has 0 spiro atoms. The Labute approximate surface area is 94.7 Å². The first-order chi connectivity index (χ1) is 7.67. The Morgan fingerprint density at radius 2 is 1.94 bits per heavy atom. The van der Waals surface area contributed by atoms with Gasteiger partial charge in [-0.3, -0.25) is 0 Å². The summed E-state index contributed by atoms with van der Waals surface area (Å²) in [6.45, 7) is 4.06. The monoisotopic (exact) mass is 211 g/mol. The molecule has 0 unspecified atom stereocenters. The molecular weight excluding hydrogens is 198 g/mol. The van der Waals surface area contributed by atoms with E-state index in [1.54, 1.807) is 6.07 Å². The van der Waals surface area contributed by atoms with E-state index in [1.165, 1.54) is 5.56 Å². The summed E-state index contributed by atoms with van der Waals surface area (Å²) in [5.41, 5.74) is 4.58. The zero-order valence-corrected chi connectivity index (χ0v) is 9.63. The van der Waals surface area contributed by atoms with Crippen LogP contribution in [0, 0.1) is 25.2 Å². The van der Waals surface area contributed by atoms with Gasteiger partial charge in [0.25, 0.3) is 0 Å². The maximum absolute atomic E-state index is 8.94. The van der Waals surface area contributed by atoms with Crippen molar-refractivity contribution >= 4 is 16.6 Å². The summed E-state index contributed by atoms with van der Waals surface area (Å²) in [4.78, 5) is 4.36. The summed E-state index contributed by atoms with van der Waals surface area (Å²) >= 11 is 0. The molecule has 1 aromatic heterocycles. The maximum Gasteiger partial charge on any atom is 0.143 e. The molecule has 1 N–H and O–H groups in total. The Kier molecular flexibility index (Phi) is 2.49. The zero-order valence-electron chi connectivity index (χ0n) is 9.63. The number of nitriles is 1. The number of hydrogen-bond donors (Lipinski definition) is 1. The maximum atomic E-state index is 8.94. The number of nitrogens with zero attached hydrogens (tertiary/aromatic N) is 2. The van der Waals surface area contributed by atoms with Crippen molar-refractivity contribution in [1.29, 1.82) is 5.26 Å². The molecule has 3 nitrogen and oxygen atoms in total. The van der Waals surface area contributed by atoms with Crippen LogP contribution in [0.25, 0.3) is 10.9 Å². The van der Waals surface area contributed by atoms with Crippen LogP contribution in [0.2, 0.25) is 0 Å². The van der Waals surface area contributed by atoms with Crippen molar-refractivity contribution in [3.8, 4) is 6.07 Å². The highest BCUT2D eigenvalue weighted by Crippen LogP contribution is 2.28. The lowest BCUT2D eigenvalue weighted by molar-refractivity contribution is 1.29. The number of benzene rings is 1. The average molecular weight is 211 g/mol. The van der Waals surface area contributed by atoms with E-state index < -0.39 is 0 Å². The molecule has 80 valence electrons. The number of hydrogen-bond acceptors (Lipinski definition) is 3.